The van der Waals surface area contributed by atoms with Crippen molar-refractivity contribution in [3.63, 3.8) is 0 Å². The molecule has 24 heavy (non-hydrogen) atoms. The van der Waals surface area contributed by atoms with Crippen molar-refractivity contribution in [3.8, 4) is 0 Å². The molecular weight excluding hydrogens is 306 g/mol. The van der Waals surface area contributed by atoms with E-state index in [4.69, 9.17) is 4.74 Å². The van der Waals surface area contributed by atoms with Crippen LogP contribution >= 0.6 is 0 Å². The fourth-order valence-electron chi connectivity index (χ4n) is 4.45. The van der Waals surface area contributed by atoms with E-state index in [1.165, 1.54) is 0 Å². The Morgan fingerprint density at radius 2 is 2.21 bits per heavy atom. The number of fused-ring (bicyclic) bond motifs is 2. The lowest BCUT2D eigenvalue weighted by atomic mass is 9.83. The molecule has 128 valence electrons. The van der Waals surface area contributed by atoms with E-state index in [9.17, 15) is 9.59 Å². The number of carbonyl (C=O) groups excluding carboxylic acids is 2. The minimum Gasteiger partial charge on any atom is -0.381 e. The van der Waals surface area contributed by atoms with Gasteiger partial charge >= 0.3 is 0 Å². The van der Waals surface area contributed by atoms with Gasteiger partial charge in [0.05, 0.1) is 29.3 Å². The zero-order valence-electron chi connectivity index (χ0n) is 14.0. The highest BCUT2D eigenvalue weighted by Crippen LogP contribution is 2.45. The lowest BCUT2D eigenvalue weighted by Crippen LogP contribution is -2.53. The molecule has 6 nitrogen and oxygen atoms in total. The van der Waals surface area contributed by atoms with Gasteiger partial charge < -0.3 is 14.5 Å². The van der Waals surface area contributed by atoms with Crippen LogP contribution in [0.15, 0.2) is 18.3 Å². The zero-order valence-corrected chi connectivity index (χ0v) is 14.0. The van der Waals surface area contributed by atoms with Gasteiger partial charge in [0, 0.05) is 32.4 Å². The van der Waals surface area contributed by atoms with Crippen LogP contribution in [0, 0.1) is 5.92 Å². The molecule has 0 aliphatic carbocycles. The molecule has 0 saturated carbocycles. The first-order valence-electron chi connectivity index (χ1n) is 8.81. The molecule has 0 radical (unpaired) electrons. The number of hydrogen-bond donors (Lipinski definition) is 0. The van der Waals surface area contributed by atoms with E-state index in [1.54, 1.807) is 6.20 Å². The van der Waals surface area contributed by atoms with Gasteiger partial charge in [-0.25, -0.2) is 0 Å². The summed E-state index contributed by atoms with van der Waals surface area (Å²) in [4.78, 5) is 33.8. The molecule has 3 aliphatic heterocycles. The number of carbonyl (C=O) groups is 2. The molecule has 0 N–H and O–H groups in total. The summed E-state index contributed by atoms with van der Waals surface area (Å²) in [6, 6.07) is 3.69. The maximum Gasteiger partial charge on any atom is 0.256 e. The molecule has 0 bridgehead atoms. The maximum atomic E-state index is 12.7. The number of nitrogens with zero attached hydrogens (tertiary/aromatic N) is 3. The first-order valence-corrected chi connectivity index (χ1v) is 8.81. The van der Waals surface area contributed by atoms with Crippen LogP contribution < -0.4 is 0 Å². The third-order valence-electron chi connectivity index (χ3n) is 5.74. The molecule has 1 unspecified atom stereocenters. The molecule has 2 saturated heterocycles. The van der Waals surface area contributed by atoms with Crippen LogP contribution in [-0.4, -0.2) is 59.4 Å². The lowest BCUT2D eigenvalue weighted by molar-refractivity contribution is -0.138. The molecule has 1 spiro atoms. The number of amides is 2. The Morgan fingerprint density at radius 1 is 1.42 bits per heavy atom. The van der Waals surface area contributed by atoms with Gasteiger partial charge in [0.1, 0.15) is 0 Å². The minimum absolute atomic E-state index is 0.0111. The molecule has 2 amide bonds. The van der Waals surface area contributed by atoms with Crippen LogP contribution in [0.5, 0.6) is 0 Å². The van der Waals surface area contributed by atoms with E-state index < -0.39 is 0 Å². The summed E-state index contributed by atoms with van der Waals surface area (Å²) in [5.41, 5.74) is 1.28. The zero-order chi connectivity index (χ0) is 16.7. The highest BCUT2D eigenvalue weighted by Gasteiger charge is 2.52. The number of piperidine rings is 1. The van der Waals surface area contributed by atoms with Crippen molar-refractivity contribution in [1.82, 2.24) is 14.8 Å². The third-order valence-corrected chi connectivity index (χ3v) is 5.74. The van der Waals surface area contributed by atoms with E-state index in [0.29, 0.717) is 32.8 Å². The van der Waals surface area contributed by atoms with E-state index in [2.05, 4.69) is 4.98 Å². The van der Waals surface area contributed by atoms with Gasteiger partial charge in [0.25, 0.3) is 5.91 Å². The average Bonchev–Trinajstić information content (AvgIpc) is 3.23. The molecule has 4 rings (SSSR count). The maximum absolute atomic E-state index is 12.7. The molecule has 3 aliphatic rings. The highest BCUT2D eigenvalue weighted by molar-refractivity contribution is 5.99. The van der Waals surface area contributed by atoms with Crippen molar-refractivity contribution < 1.29 is 14.3 Å². The highest BCUT2D eigenvalue weighted by atomic mass is 16.5. The normalized spacial score (nSPS) is 25.4. The van der Waals surface area contributed by atoms with E-state index in [-0.39, 0.29) is 23.3 Å². The van der Waals surface area contributed by atoms with Gasteiger partial charge in [-0.1, -0.05) is 0 Å². The van der Waals surface area contributed by atoms with Gasteiger partial charge in [0.15, 0.2) is 0 Å². The third kappa shape index (κ3) is 2.16. The average molecular weight is 329 g/mol. The Balaban J connectivity index is 1.57. The van der Waals surface area contributed by atoms with Crippen LogP contribution in [0.2, 0.25) is 0 Å². The summed E-state index contributed by atoms with van der Waals surface area (Å²) >= 11 is 0. The monoisotopic (exact) mass is 329 g/mol. The Labute approximate surface area is 141 Å². The summed E-state index contributed by atoms with van der Waals surface area (Å²) < 4.78 is 5.35. The van der Waals surface area contributed by atoms with Crippen molar-refractivity contribution in [2.75, 3.05) is 32.8 Å². The second-order valence-corrected chi connectivity index (χ2v) is 6.87. The molecule has 2 fully saturated rings. The number of hydrogen-bond acceptors (Lipinski definition) is 4. The lowest BCUT2D eigenvalue weighted by Gasteiger charge is -2.44. The van der Waals surface area contributed by atoms with Crippen molar-refractivity contribution in [2.24, 2.45) is 5.92 Å². The largest absolute Gasteiger partial charge is 0.381 e. The fraction of sp³-hybridized carbons (Fsp3) is 0.611. The molecular formula is C18H23N3O3. The molecule has 6 heteroatoms. The second-order valence-electron chi connectivity index (χ2n) is 6.87. The summed E-state index contributed by atoms with van der Waals surface area (Å²) in [5.74, 6) is 0.289. The SMILES string of the molecule is CCN1C(=O)c2cccnc2C12CCN(C(=O)C1CCOC1)CC2. The predicted molar refractivity (Wildman–Crippen MR) is 87.4 cm³/mol. The van der Waals surface area contributed by atoms with Gasteiger partial charge in [-0.15, -0.1) is 0 Å². The first kappa shape index (κ1) is 15.6. The second kappa shape index (κ2) is 5.84. The smallest absolute Gasteiger partial charge is 0.256 e. The Bertz CT molecular complexity index is 661. The quantitative estimate of drug-likeness (QED) is 0.823. The van der Waals surface area contributed by atoms with E-state index in [0.717, 1.165) is 30.5 Å². The fourth-order valence-corrected chi connectivity index (χ4v) is 4.45. The summed E-state index contributed by atoms with van der Waals surface area (Å²) in [6.45, 7) is 5.26. The van der Waals surface area contributed by atoms with Gasteiger partial charge in [-0.3, -0.25) is 14.6 Å². The molecule has 1 aromatic rings. The topological polar surface area (TPSA) is 62.7 Å². The Hall–Kier alpha value is -1.95. The van der Waals surface area contributed by atoms with E-state index >= 15 is 0 Å². The van der Waals surface area contributed by atoms with Crippen molar-refractivity contribution in [1.29, 1.82) is 0 Å². The van der Waals surface area contributed by atoms with Crippen molar-refractivity contribution >= 4 is 11.8 Å². The number of aromatic nitrogens is 1. The number of ether oxygens (including phenoxy) is 1. The Morgan fingerprint density at radius 3 is 2.88 bits per heavy atom. The van der Waals surface area contributed by atoms with E-state index in [1.807, 2.05) is 28.9 Å². The predicted octanol–water partition coefficient (Wildman–Crippen LogP) is 1.41. The molecule has 1 atom stereocenters. The van der Waals surface area contributed by atoms with Crippen LogP contribution in [0.4, 0.5) is 0 Å². The van der Waals surface area contributed by atoms with Crippen molar-refractivity contribution in [2.45, 2.75) is 31.7 Å². The van der Waals surface area contributed by atoms with Crippen LogP contribution in [-0.2, 0) is 15.1 Å². The van der Waals surface area contributed by atoms with Crippen molar-refractivity contribution in [3.05, 3.63) is 29.6 Å². The molecule has 4 heterocycles. The summed E-state index contributed by atoms with van der Waals surface area (Å²) in [7, 11) is 0. The molecule has 0 aromatic carbocycles. The van der Waals surface area contributed by atoms with Gasteiger partial charge in [-0.2, -0.15) is 0 Å². The first-order chi connectivity index (χ1) is 11.7. The minimum atomic E-state index is -0.342. The number of pyridine rings is 1. The summed E-state index contributed by atoms with van der Waals surface area (Å²) in [5, 5.41) is 0. The number of likely N-dealkylation sites (tertiary alicyclic amines) is 1. The van der Waals surface area contributed by atoms with Gasteiger partial charge in [0.2, 0.25) is 5.91 Å². The summed E-state index contributed by atoms with van der Waals surface area (Å²) in [6.07, 6.45) is 4.11. The van der Waals surface area contributed by atoms with Crippen LogP contribution in [0.25, 0.3) is 0 Å². The molecule has 1 aromatic heterocycles. The standard InChI is InChI=1S/C18H23N3O3/c1-2-21-17(23)14-4-3-8-19-15(14)18(21)6-9-20(10-7-18)16(22)13-5-11-24-12-13/h3-4,8,13H,2,5-7,9-12H2,1H3. The van der Waals surface area contributed by atoms with Crippen LogP contribution in [0.1, 0.15) is 42.2 Å². The van der Waals surface area contributed by atoms with Gasteiger partial charge in [-0.05, 0) is 38.3 Å². The Kier molecular flexibility index (Phi) is 3.79. The van der Waals surface area contributed by atoms with Crippen LogP contribution in [0.3, 0.4) is 0 Å². The number of rotatable bonds is 2.